The van der Waals surface area contributed by atoms with Gasteiger partial charge in [-0.25, -0.2) is 9.37 Å². The number of alkyl halides is 1. The molecule has 1 fully saturated rings. The molecule has 3 atom stereocenters. The molecule has 0 spiro atoms. The Morgan fingerprint density at radius 1 is 1.39 bits per heavy atom. The maximum Gasteiger partial charge on any atom is 0.268 e. The number of amides is 1. The number of nitrogens with zero attached hydrogens (tertiary/aromatic N) is 1. The van der Waals surface area contributed by atoms with Crippen molar-refractivity contribution < 1.29 is 13.9 Å². The number of pyridine rings is 1. The summed E-state index contributed by atoms with van der Waals surface area (Å²) in [6, 6.07) is 10.2. The normalized spacial score (nSPS) is 19.2. The molecule has 0 saturated carbocycles. The fourth-order valence-corrected chi connectivity index (χ4v) is 4.09. The predicted molar refractivity (Wildman–Crippen MR) is 127 cm³/mol. The Bertz CT molecular complexity index is 1120. The molecule has 1 amide bonds. The van der Waals surface area contributed by atoms with Crippen molar-refractivity contribution in [1.29, 1.82) is 0 Å². The third-order valence-corrected chi connectivity index (χ3v) is 5.99. The molecule has 1 aliphatic heterocycles. The second-order valence-electron chi connectivity index (χ2n) is 8.13. The van der Waals surface area contributed by atoms with Gasteiger partial charge in [0, 0.05) is 36.1 Å². The van der Waals surface area contributed by atoms with Gasteiger partial charge in [0.05, 0.1) is 18.7 Å². The molecule has 0 radical (unpaired) electrons. The number of H-pyrrole nitrogens is 1. The standard InChI is InChI=1S/C24H27ClFN5O2/c1-14-11-29-23(30-20-5-6-33-13-19(20)26)9-18(14)16-8-21(28-12-16)24(32)31-22(10-27)15-3-2-4-17(25)7-15/h2-4,7-9,11-12,19-20,22,28H,5-6,10,13,27H2,1H3,(H,29,30)(H,31,32). The topological polar surface area (TPSA) is 105 Å². The van der Waals surface area contributed by atoms with Gasteiger partial charge in [0.25, 0.3) is 5.91 Å². The largest absolute Gasteiger partial charge is 0.378 e. The summed E-state index contributed by atoms with van der Waals surface area (Å²) in [5.41, 5.74) is 9.80. The lowest BCUT2D eigenvalue weighted by Crippen LogP contribution is -2.39. The summed E-state index contributed by atoms with van der Waals surface area (Å²) in [5, 5.41) is 6.70. The minimum Gasteiger partial charge on any atom is -0.378 e. The van der Waals surface area contributed by atoms with E-state index in [1.807, 2.05) is 25.1 Å². The molecular formula is C24H27ClFN5O2. The minimum atomic E-state index is -1.08. The SMILES string of the molecule is Cc1cnc(NC2CCOCC2F)cc1-c1c[nH]c(C(=O)NC(CN)c2cccc(Cl)c2)c1. The number of ether oxygens (including phenoxy) is 1. The Morgan fingerprint density at radius 3 is 3.00 bits per heavy atom. The third kappa shape index (κ3) is 5.52. The van der Waals surface area contributed by atoms with E-state index in [0.717, 1.165) is 22.3 Å². The summed E-state index contributed by atoms with van der Waals surface area (Å²) in [6.07, 6.45) is 3.00. The van der Waals surface area contributed by atoms with Gasteiger partial charge in [-0.1, -0.05) is 23.7 Å². The first-order valence-corrected chi connectivity index (χ1v) is 11.2. The molecule has 1 aliphatic rings. The van der Waals surface area contributed by atoms with E-state index in [2.05, 4.69) is 20.6 Å². The van der Waals surface area contributed by atoms with Crippen LogP contribution >= 0.6 is 11.6 Å². The lowest BCUT2D eigenvalue weighted by molar-refractivity contribution is 0.0285. The van der Waals surface area contributed by atoms with Gasteiger partial charge in [-0.3, -0.25) is 4.79 Å². The van der Waals surface area contributed by atoms with Crippen molar-refractivity contribution in [1.82, 2.24) is 15.3 Å². The molecule has 5 N–H and O–H groups in total. The van der Waals surface area contributed by atoms with E-state index in [0.29, 0.717) is 29.6 Å². The van der Waals surface area contributed by atoms with Crippen molar-refractivity contribution in [3.63, 3.8) is 0 Å². The molecule has 3 heterocycles. The van der Waals surface area contributed by atoms with Crippen molar-refractivity contribution in [2.24, 2.45) is 5.73 Å². The van der Waals surface area contributed by atoms with Gasteiger partial charge in [-0.05, 0) is 54.3 Å². The molecule has 0 aliphatic carbocycles. The Hall–Kier alpha value is -2.94. The lowest BCUT2D eigenvalue weighted by atomic mass is 10.0. The van der Waals surface area contributed by atoms with E-state index in [9.17, 15) is 9.18 Å². The van der Waals surface area contributed by atoms with Gasteiger partial charge in [-0.2, -0.15) is 0 Å². The number of aromatic amines is 1. The average molecular weight is 472 g/mol. The molecule has 4 rings (SSSR count). The molecule has 174 valence electrons. The second-order valence-corrected chi connectivity index (χ2v) is 8.57. The molecule has 7 nitrogen and oxygen atoms in total. The lowest BCUT2D eigenvalue weighted by Gasteiger charge is -2.27. The maximum absolute atomic E-state index is 14.1. The first-order valence-electron chi connectivity index (χ1n) is 10.8. The van der Waals surface area contributed by atoms with Crippen LogP contribution in [0.4, 0.5) is 10.2 Å². The van der Waals surface area contributed by atoms with Crippen LogP contribution in [0.1, 0.15) is 34.1 Å². The highest BCUT2D eigenvalue weighted by Gasteiger charge is 2.26. The zero-order valence-corrected chi connectivity index (χ0v) is 19.0. The van der Waals surface area contributed by atoms with Gasteiger partial charge in [0.1, 0.15) is 17.7 Å². The minimum absolute atomic E-state index is 0.0889. The number of nitrogens with one attached hydrogen (secondary N) is 3. The smallest absolute Gasteiger partial charge is 0.268 e. The third-order valence-electron chi connectivity index (χ3n) is 5.75. The Morgan fingerprint density at radius 2 is 2.24 bits per heavy atom. The Balaban J connectivity index is 1.49. The predicted octanol–water partition coefficient (Wildman–Crippen LogP) is 4.01. The van der Waals surface area contributed by atoms with E-state index in [-0.39, 0.29) is 31.1 Å². The zero-order valence-electron chi connectivity index (χ0n) is 18.3. The van der Waals surface area contributed by atoms with Gasteiger partial charge < -0.3 is 26.1 Å². The van der Waals surface area contributed by atoms with Crippen LogP contribution in [-0.4, -0.2) is 47.8 Å². The van der Waals surface area contributed by atoms with Crippen LogP contribution in [0, 0.1) is 6.92 Å². The van der Waals surface area contributed by atoms with E-state index in [1.165, 1.54) is 0 Å². The maximum atomic E-state index is 14.1. The molecule has 1 aromatic carbocycles. The summed E-state index contributed by atoms with van der Waals surface area (Å²) in [6.45, 7) is 2.78. The van der Waals surface area contributed by atoms with E-state index in [4.69, 9.17) is 22.1 Å². The highest BCUT2D eigenvalue weighted by atomic mass is 35.5. The first kappa shape index (κ1) is 23.2. The molecular weight excluding hydrogens is 445 g/mol. The van der Waals surface area contributed by atoms with Crippen LogP contribution in [0.15, 0.2) is 48.8 Å². The Labute approximate surface area is 196 Å². The number of carbonyl (C=O) groups is 1. The van der Waals surface area contributed by atoms with E-state index in [1.54, 1.807) is 30.6 Å². The number of anilines is 1. The van der Waals surface area contributed by atoms with Gasteiger partial charge >= 0.3 is 0 Å². The average Bonchev–Trinajstić information content (AvgIpc) is 3.30. The molecule has 3 aromatic rings. The summed E-state index contributed by atoms with van der Waals surface area (Å²) in [4.78, 5) is 20.3. The van der Waals surface area contributed by atoms with Crippen LogP contribution < -0.4 is 16.4 Å². The number of hydrogen-bond donors (Lipinski definition) is 4. The molecule has 0 bridgehead atoms. The number of carbonyl (C=O) groups excluding carboxylic acids is 1. The summed E-state index contributed by atoms with van der Waals surface area (Å²) in [7, 11) is 0. The number of aryl methyl sites for hydroxylation is 1. The van der Waals surface area contributed by atoms with Crippen molar-refractivity contribution in [2.75, 3.05) is 25.1 Å². The van der Waals surface area contributed by atoms with Crippen molar-refractivity contribution in [2.45, 2.75) is 31.6 Å². The molecule has 33 heavy (non-hydrogen) atoms. The molecule has 1 saturated heterocycles. The molecule has 2 aromatic heterocycles. The van der Waals surface area contributed by atoms with Crippen LogP contribution in [-0.2, 0) is 4.74 Å². The van der Waals surface area contributed by atoms with Gasteiger partial charge in [0.2, 0.25) is 0 Å². The number of rotatable bonds is 7. The highest BCUT2D eigenvalue weighted by molar-refractivity contribution is 6.30. The fraction of sp³-hybridized carbons (Fsp3) is 0.333. The van der Waals surface area contributed by atoms with Crippen molar-refractivity contribution >= 4 is 23.3 Å². The molecule has 3 unspecified atom stereocenters. The number of halogens is 2. The van der Waals surface area contributed by atoms with E-state index < -0.39 is 6.17 Å². The highest BCUT2D eigenvalue weighted by Crippen LogP contribution is 2.27. The number of aromatic nitrogens is 2. The fourth-order valence-electron chi connectivity index (χ4n) is 3.89. The number of nitrogens with two attached hydrogens (primary N) is 1. The number of hydrogen-bond acceptors (Lipinski definition) is 5. The summed E-state index contributed by atoms with van der Waals surface area (Å²) in [5.74, 6) is 0.311. The zero-order chi connectivity index (χ0) is 23.4. The summed E-state index contributed by atoms with van der Waals surface area (Å²) >= 11 is 6.07. The quantitative estimate of drug-likeness (QED) is 0.416. The first-order chi connectivity index (χ1) is 15.9. The van der Waals surface area contributed by atoms with Crippen LogP contribution in [0.25, 0.3) is 11.1 Å². The van der Waals surface area contributed by atoms with Gasteiger partial charge in [-0.15, -0.1) is 0 Å². The van der Waals surface area contributed by atoms with Crippen LogP contribution in [0.2, 0.25) is 5.02 Å². The van der Waals surface area contributed by atoms with Crippen molar-refractivity contribution in [3.8, 4) is 11.1 Å². The number of benzene rings is 1. The van der Waals surface area contributed by atoms with E-state index >= 15 is 0 Å². The van der Waals surface area contributed by atoms with Crippen molar-refractivity contribution in [3.05, 3.63) is 70.6 Å². The Kier molecular flexibility index (Phi) is 7.27. The summed E-state index contributed by atoms with van der Waals surface area (Å²) < 4.78 is 19.3. The van der Waals surface area contributed by atoms with Crippen LogP contribution in [0.5, 0.6) is 0 Å². The second kappa shape index (κ2) is 10.3. The monoisotopic (exact) mass is 471 g/mol. The molecule has 9 heteroatoms. The van der Waals surface area contributed by atoms with Crippen LogP contribution in [0.3, 0.4) is 0 Å². The van der Waals surface area contributed by atoms with Gasteiger partial charge in [0.15, 0.2) is 0 Å².